The van der Waals surface area contributed by atoms with Gasteiger partial charge in [-0.1, -0.05) is 72.8 Å². The predicted octanol–water partition coefficient (Wildman–Crippen LogP) is 5.84. The molecule has 0 fully saturated rings. The summed E-state index contributed by atoms with van der Waals surface area (Å²) in [5, 5.41) is 3.91. The Kier molecular flexibility index (Phi) is 3.94. The fourth-order valence-electron chi connectivity index (χ4n) is 2.77. The number of rotatable bonds is 4. The molecule has 4 heteroatoms. The highest BCUT2D eigenvalue weighted by molar-refractivity contribution is 7.34. The first-order chi connectivity index (χ1) is 11.8. The van der Waals surface area contributed by atoms with E-state index in [9.17, 15) is 4.57 Å². The summed E-state index contributed by atoms with van der Waals surface area (Å²) >= 11 is 0. The van der Waals surface area contributed by atoms with Crippen LogP contribution in [-0.2, 0) is 4.57 Å². The number of hydrogen-bond donors (Lipinski definition) is 0. The van der Waals surface area contributed by atoms with Crippen molar-refractivity contribution >= 4 is 29.8 Å². The summed E-state index contributed by atoms with van der Waals surface area (Å²) in [4.78, 5) is 0. The van der Waals surface area contributed by atoms with Gasteiger partial charge in [-0.2, -0.15) is 0 Å². The maximum Gasteiger partial charge on any atom is 0.419 e. The van der Waals surface area contributed by atoms with Gasteiger partial charge in [0.05, 0.1) is 0 Å². The minimum atomic E-state index is -2.73. The van der Waals surface area contributed by atoms with Gasteiger partial charge in [0, 0.05) is 10.8 Å². The molecule has 0 aliphatic rings. The topological polar surface area (TPSA) is 35.5 Å². The zero-order chi connectivity index (χ0) is 16.4. The number of hydrogen-bond acceptors (Lipinski definition) is 3. The molecular weight excluding hydrogens is 319 g/mol. The van der Waals surface area contributed by atoms with E-state index in [0.717, 1.165) is 21.5 Å². The molecule has 0 bridgehead atoms. The highest BCUT2D eigenvalue weighted by Crippen LogP contribution is 2.37. The first-order valence-electron chi connectivity index (χ1n) is 7.66. The van der Waals surface area contributed by atoms with Crippen molar-refractivity contribution in [1.82, 2.24) is 0 Å². The maximum absolute atomic E-state index is 12.4. The first kappa shape index (κ1) is 14.8. The Bertz CT molecular complexity index is 949. The first-order valence-corrected chi connectivity index (χ1v) is 8.89. The normalized spacial score (nSPS) is 11.0. The van der Waals surface area contributed by atoms with E-state index in [1.54, 1.807) is 12.1 Å². The van der Waals surface area contributed by atoms with Crippen LogP contribution in [0.4, 0.5) is 0 Å². The van der Waals surface area contributed by atoms with Gasteiger partial charge in [0.1, 0.15) is 11.5 Å². The van der Waals surface area contributed by atoms with Crippen molar-refractivity contribution in [3.8, 4) is 11.5 Å². The van der Waals surface area contributed by atoms with Gasteiger partial charge in [0.2, 0.25) is 0 Å². The van der Waals surface area contributed by atoms with Crippen LogP contribution in [0.5, 0.6) is 11.5 Å². The minimum absolute atomic E-state index is 0.567. The fraction of sp³-hybridized carbons (Fsp3) is 0. The lowest BCUT2D eigenvalue weighted by Gasteiger charge is -2.11. The van der Waals surface area contributed by atoms with Gasteiger partial charge in [-0.25, -0.2) is 4.57 Å². The lowest BCUT2D eigenvalue weighted by Crippen LogP contribution is -1.90. The van der Waals surface area contributed by atoms with Crippen LogP contribution in [0.3, 0.4) is 0 Å². The molecule has 0 unspecified atom stereocenters. The zero-order valence-corrected chi connectivity index (χ0v) is 13.8. The van der Waals surface area contributed by atoms with Crippen molar-refractivity contribution in [3.63, 3.8) is 0 Å². The molecule has 0 aromatic heterocycles. The van der Waals surface area contributed by atoms with E-state index in [2.05, 4.69) is 0 Å². The van der Waals surface area contributed by atoms with Crippen LogP contribution in [0.1, 0.15) is 0 Å². The van der Waals surface area contributed by atoms with Crippen molar-refractivity contribution in [2.45, 2.75) is 0 Å². The zero-order valence-electron chi connectivity index (χ0n) is 12.8. The van der Waals surface area contributed by atoms with Gasteiger partial charge >= 0.3 is 8.25 Å². The van der Waals surface area contributed by atoms with E-state index in [-0.39, 0.29) is 0 Å². The molecule has 0 atom stereocenters. The Morgan fingerprint density at radius 2 is 0.958 bits per heavy atom. The molecule has 0 N–H and O–H groups in total. The van der Waals surface area contributed by atoms with Crippen molar-refractivity contribution in [2.75, 3.05) is 0 Å². The lowest BCUT2D eigenvalue weighted by molar-refractivity contribution is 0.419. The molecule has 0 radical (unpaired) electrons. The van der Waals surface area contributed by atoms with Crippen LogP contribution in [-0.4, -0.2) is 0 Å². The third kappa shape index (κ3) is 2.86. The average Bonchev–Trinajstić information content (AvgIpc) is 2.62. The molecule has 3 nitrogen and oxygen atoms in total. The molecule has 0 spiro atoms. The Hall–Kier alpha value is -2.77. The summed E-state index contributed by atoms with van der Waals surface area (Å²) in [6.07, 6.45) is 0. The Morgan fingerprint density at radius 1 is 0.542 bits per heavy atom. The highest BCUT2D eigenvalue weighted by Gasteiger charge is 2.09. The largest absolute Gasteiger partial charge is 0.419 e. The molecule has 24 heavy (non-hydrogen) atoms. The summed E-state index contributed by atoms with van der Waals surface area (Å²) in [6, 6.07) is 27.0. The summed E-state index contributed by atoms with van der Waals surface area (Å²) in [5.41, 5.74) is 0. The van der Waals surface area contributed by atoms with Crippen molar-refractivity contribution < 1.29 is 13.6 Å². The van der Waals surface area contributed by atoms with Gasteiger partial charge in [0.25, 0.3) is 0 Å². The Labute approximate surface area is 140 Å². The quantitative estimate of drug-likeness (QED) is 0.440. The molecular formula is C20H15O3P. The Morgan fingerprint density at radius 3 is 1.46 bits per heavy atom. The highest BCUT2D eigenvalue weighted by atomic mass is 31.1. The summed E-state index contributed by atoms with van der Waals surface area (Å²) in [7, 11) is -2.73. The summed E-state index contributed by atoms with van der Waals surface area (Å²) in [6.45, 7) is 0. The standard InChI is InChI=1S/C20H15O3P/c21-24(22-19-13-5-9-15-7-1-3-11-17(15)19)23-20-14-6-10-16-8-2-4-12-18(16)20/h1-14,24H. The average molecular weight is 334 g/mol. The monoisotopic (exact) mass is 334 g/mol. The van der Waals surface area contributed by atoms with E-state index in [1.807, 2.05) is 72.8 Å². The van der Waals surface area contributed by atoms with Crippen molar-refractivity contribution in [3.05, 3.63) is 84.9 Å². The predicted molar refractivity (Wildman–Crippen MR) is 98.2 cm³/mol. The SMILES string of the molecule is O=[PH](Oc1cccc2ccccc12)Oc1cccc2ccccc12. The second kappa shape index (κ2) is 6.38. The molecule has 4 aromatic rings. The molecule has 118 valence electrons. The molecule has 0 aliphatic heterocycles. The second-order valence-corrected chi connectivity index (χ2v) is 6.32. The van der Waals surface area contributed by atoms with Crippen LogP contribution in [0.2, 0.25) is 0 Å². The molecule has 0 amide bonds. The smallest absolute Gasteiger partial charge is 0.417 e. The van der Waals surface area contributed by atoms with E-state index in [4.69, 9.17) is 9.05 Å². The lowest BCUT2D eigenvalue weighted by atomic mass is 10.1. The van der Waals surface area contributed by atoms with Crippen LogP contribution < -0.4 is 9.05 Å². The summed E-state index contributed by atoms with van der Waals surface area (Å²) < 4.78 is 23.6. The van der Waals surface area contributed by atoms with Gasteiger partial charge < -0.3 is 9.05 Å². The van der Waals surface area contributed by atoms with E-state index >= 15 is 0 Å². The Balaban J connectivity index is 1.62. The molecule has 0 saturated carbocycles. The van der Waals surface area contributed by atoms with Crippen molar-refractivity contribution in [1.29, 1.82) is 0 Å². The third-order valence-corrected chi connectivity index (χ3v) is 4.66. The van der Waals surface area contributed by atoms with E-state index < -0.39 is 8.25 Å². The van der Waals surface area contributed by atoms with Crippen LogP contribution in [0.25, 0.3) is 21.5 Å². The third-order valence-electron chi connectivity index (χ3n) is 3.89. The minimum Gasteiger partial charge on any atom is -0.417 e. The van der Waals surface area contributed by atoms with E-state index in [0.29, 0.717) is 11.5 Å². The fourth-order valence-corrected chi connectivity index (χ4v) is 3.53. The van der Waals surface area contributed by atoms with Crippen LogP contribution >= 0.6 is 8.25 Å². The van der Waals surface area contributed by atoms with E-state index in [1.165, 1.54) is 0 Å². The van der Waals surface area contributed by atoms with Gasteiger partial charge in [0.15, 0.2) is 0 Å². The number of fused-ring (bicyclic) bond motifs is 2. The number of benzene rings is 4. The molecule has 0 heterocycles. The van der Waals surface area contributed by atoms with Gasteiger partial charge in [-0.05, 0) is 22.9 Å². The molecule has 0 aliphatic carbocycles. The molecule has 0 saturated heterocycles. The molecule has 4 rings (SSSR count). The van der Waals surface area contributed by atoms with Gasteiger partial charge in [-0.15, -0.1) is 0 Å². The molecule has 4 aromatic carbocycles. The van der Waals surface area contributed by atoms with Gasteiger partial charge in [-0.3, -0.25) is 0 Å². The second-order valence-electron chi connectivity index (χ2n) is 5.41. The summed E-state index contributed by atoms with van der Waals surface area (Å²) in [5.74, 6) is 1.13. The van der Waals surface area contributed by atoms with Crippen LogP contribution in [0.15, 0.2) is 84.9 Å². The van der Waals surface area contributed by atoms with Crippen molar-refractivity contribution in [2.24, 2.45) is 0 Å². The maximum atomic E-state index is 12.4. The van der Waals surface area contributed by atoms with Crippen LogP contribution in [0, 0.1) is 0 Å².